The van der Waals surface area contributed by atoms with Gasteiger partial charge in [-0.1, -0.05) is 6.08 Å². The first kappa shape index (κ1) is 47.2. The molecule has 25 nitrogen and oxygen atoms in total. The zero-order valence-electron chi connectivity index (χ0n) is 35.1. The first-order chi connectivity index (χ1) is 31.3. The second-order valence-electron chi connectivity index (χ2n) is 15.9. The highest BCUT2D eigenvalue weighted by atomic mass is 32.7. The van der Waals surface area contributed by atoms with Crippen molar-refractivity contribution in [1.29, 1.82) is 0 Å². The quantitative estimate of drug-likeness (QED) is 0.0672. The van der Waals surface area contributed by atoms with E-state index in [1.807, 2.05) is 0 Å². The van der Waals surface area contributed by atoms with Gasteiger partial charge in [0.1, 0.15) is 48.2 Å². The molecule has 1 aromatic carbocycles. The number of esters is 2. The zero-order chi connectivity index (χ0) is 47.1. The summed E-state index contributed by atoms with van der Waals surface area (Å²) >= 11 is 0.434. The molecule has 2 bridgehead atoms. The topological polar surface area (TPSA) is 331 Å². The maximum atomic E-state index is 16.6. The number of ether oxygens (including phenoxy) is 6. The molecule has 4 aromatic heterocycles. The van der Waals surface area contributed by atoms with Gasteiger partial charge in [0.25, 0.3) is 5.56 Å². The van der Waals surface area contributed by atoms with Gasteiger partial charge < -0.3 is 49.3 Å². The summed E-state index contributed by atoms with van der Waals surface area (Å²) in [5.74, 6) is -2.94. The van der Waals surface area contributed by atoms with E-state index in [2.05, 4.69) is 36.5 Å². The third-order valence-corrected chi connectivity index (χ3v) is 14.7. The molecule has 2 unspecified atom stereocenters. The number of H-pyrrole nitrogens is 1. The Bertz CT molecular complexity index is 2790. The number of hydrogen-bond donors (Lipinski definition) is 4. The summed E-state index contributed by atoms with van der Waals surface area (Å²) in [6, 6.07) is 5.67. The molecular formula is C37H43FN10O15P2S. The number of anilines is 2. The molecule has 8 rings (SSSR count). The number of nitrogen functional groups attached to an aromatic ring is 2. The SMILES string of the molecule is C=C[C@H]1[C@H]2OP(=O)(SCOC(=O)c3ccc(OCOC(=O)C(C)(C)C)cc3)OC[C@H]3O[C@@H](n4cnc5c(N)ncnc54)[C@H](F)[C@@H]3OCP(=O)(O)OC[C@H]1O[C@H]2n1cnc2c(=O)[nH]c(N)nc21. The van der Waals surface area contributed by atoms with Crippen molar-refractivity contribution in [1.82, 2.24) is 39.0 Å². The van der Waals surface area contributed by atoms with Crippen LogP contribution < -0.4 is 21.8 Å². The number of nitrogens with one attached hydrogen (secondary N) is 1. The van der Waals surface area contributed by atoms with E-state index in [-0.39, 0.29) is 52.2 Å². The van der Waals surface area contributed by atoms with Crippen molar-refractivity contribution >= 4 is 71.8 Å². The van der Waals surface area contributed by atoms with Crippen molar-refractivity contribution in [2.24, 2.45) is 11.3 Å². The summed E-state index contributed by atoms with van der Waals surface area (Å²) in [6.45, 7) is 2.57. The van der Waals surface area contributed by atoms with Gasteiger partial charge in [-0.25, -0.2) is 33.7 Å². The van der Waals surface area contributed by atoms with Gasteiger partial charge in [0.05, 0.1) is 43.0 Å². The molecule has 0 saturated carbocycles. The van der Waals surface area contributed by atoms with Crippen LogP contribution in [0.15, 0.2) is 60.7 Å². The second-order valence-corrected chi connectivity index (χ2v) is 21.7. The van der Waals surface area contributed by atoms with E-state index in [0.29, 0.717) is 11.4 Å². The molecule has 354 valence electrons. The van der Waals surface area contributed by atoms with Gasteiger partial charge in [-0.05, 0) is 45.0 Å². The summed E-state index contributed by atoms with van der Waals surface area (Å²) in [4.78, 5) is 71.9. The van der Waals surface area contributed by atoms with Crippen LogP contribution in [0.5, 0.6) is 5.75 Å². The molecule has 7 heterocycles. The van der Waals surface area contributed by atoms with Gasteiger partial charge >= 0.3 is 26.3 Å². The Balaban J connectivity index is 1.08. The number of rotatable bonds is 10. The Kier molecular flexibility index (Phi) is 13.4. The van der Waals surface area contributed by atoms with Gasteiger partial charge in [-0.2, -0.15) is 4.98 Å². The standard InChI is InChI=1S/C37H43FN10O15P2S/c1-5-20-21-10-59-64(52,53)16-57-27-22(62-32(23(27)38)47-13-43-24-28(39)41-12-42-29(24)47)11-60-65(54,63-26(20)33(61-21)48-14-44-25-30(48)45-36(40)46-31(25)49)66-17-58-34(50)18-6-8-19(9-7-18)55-15-56-35(51)37(2,3)4/h5-9,12-14,20-23,26-27,32-33H,1,10-11,15-17H2,2-4H3,(H,52,53)(H2,39,41,42)(H3,40,45,46,49)/t20-,21-,22-,23-,26-,27-,32-,33-,65?/m1/s1. The number of nitrogens with zero attached hydrogens (tertiary/aromatic N) is 7. The van der Waals surface area contributed by atoms with E-state index in [9.17, 15) is 23.8 Å². The molecule has 5 aromatic rings. The molecule has 0 aliphatic carbocycles. The molecule has 29 heteroatoms. The Morgan fingerprint density at radius 2 is 1.68 bits per heavy atom. The average molecular weight is 981 g/mol. The smallest absolute Gasteiger partial charge is 0.392 e. The highest BCUT2D eigenvalue weighted by Crippen LogP contribution is 2.64. The molecule has 6 N–H and O–H groups in total. The van der Waals surface area contributed by atoms with Crippen LogP contribution in [0.3, 0.4) is 0 Å². The van der Waals surface area contributed by atoms with E-state index >= 15 is 8.96 Å². The summed E-state index contributed by atoms with van der Waals surface area (Å²) < 4.78 is 99.6. The van der Waals surface area contributed by atoms with Crippen LogP contribution >= 0.6 is 25.8 Å². The lowest BCUT2D eigenvalue weighted by Crippen LogP contribution is -2.35. The van der Waals surface area contributed by atoms with Crippen molar-refractivity contribution in [2.45, 2.75) is 63.8 Å². The number of aromatic nitrogens is 8. The van der Waals surface area contributed by atoms with Crippen molar-refractivity contribution < 1.29 is 70.0 Å². The van der Waals surface area contributed by atoms with Gasteiger partial charge in [0, 0.05) is 17.3 Å². The fourth-order valence-electron chi connectivity index (χ4n) is 7.07. The third-order valence-electron chi connectivity index (χ3n) is 10.4. The monoisotopic (exact) mass is 980 g/mol. The normalized spacial score (nSPS) is 29.5. The largest absolute Gasteiger partial charge is 0.457 e. The highest BCUT2D eigenvalue weighted by molar-refractivity contribution is 8.55. The van der Waals surface area contributed by atoms with E-state index in [1.54, 1.807) is 20.8 Å². The Morgan fingerprint density at radius 3 is 2.41 bits per heavy atom. The lowest BCUT2D eigenvalue weighted by atomic mass is 9.98. The molecule has 3 aliphatic rings. The number of carbonyl (C=O) groups excluding carboxylic acids is 2. The average Bonchev–Trinajstić information content (AvgIpc) is 4.04. The van der Waals surface area contributed by atoms with Gasteiger partial charge in [-0.3, -0.25) is 37.3 Å². The summed E-state index contributed by atoms with van der Waals surface area (Å²) in [6.07, 6.45) is -6.75. The van der Waals surface area contributed by atoms with E-state index in [0.717, 1.165) is 6.33 Å². The molecule has 3 saturated heterocycles. The maximum Gasteiger partial charge on any atom is 0.392 e. The van der Waals surface area contributed by atoms with Crippen LogP contribution in [0.25, 0.3) is 22.3 Å². The van der Waals surface area contributed by atoms with Crippen molar-refractivity contribution in [2.75, 3.05) is 43.8 Å². The number of imidazole rings is 2. The minimum Gasteiger partial charge on any atom is -0.457 e. The molecule has 66 heavy (non-hydrogen) atoms. The van der Waals surface area contributed by atoms with Crippen LogP contribution in [0.4, 0.5) is 16.2 Å². The number of carbonyl (C=O) groups is 2. The third kappa shape index (κ3) is 9.86. The number of nitrogens with two attached hydrogens (primary N) is 2. The van der Waals surface area contributed by atoms with E-state index < -0.39 is 112 Å². The minimum atomic E-state index is -4.68. The predicted molar refractivity (Wildman–Crippen MR) is 228 cm³/mol. The lowest BCUT2D eigenvalue weighted by Gasteiger charge is -2.29. The van der Waals surface area contributed by atoms with Crippen LogP contribution in [-0.2, 0) is 51.2 Å². The van der Waals surface area contributed by atoms with Crippen molar-refractivity contribution in [3.8, 4) is 5.75 Å². The Morgan fingerprint density at radius 1 is 0.985 bits per heavy atom. The summed E-state index contributed by atoms with van der Waals surface area (Å²) in [5.41, 5.74) is 10.5. The number of fused-ring (bicyclic) bond motifs is 5. The zero-order valence-corrected chi connectivity index (χ0v) is 37.7. The first-order valence-corrected chi connectivity index (χ1v) is 24.7. The van der Waals surface area contributed by atoms with Crippen LogP contribution in [0, 0.1) is 11.3 Å². The molecule has 3 aliphatic heterocycles. The number of aromatic amines is 1. The van der Waals surface area contributed by atoms with Crippen LogP contribution in [0.1, 0.15) is 43.6 Å². The van der Waals surface area contributed by atoms with E-state index in [1.165, 1.54) is 52.1 Å². The maximum absolute atomic E-state index is 16.6. The van der Waals surface area contributed by atoms with Crippen molar-refractivity contribution in [3.05, 3.63) is 71.8 Å². The molecule has 3 fully saturated rings. The first-order valence-electron chi connectivity index (χ1n) is 19.8. The number of alkyl halides is 1. The van der Waals surface area contributed by atoms with Gasteiger partial charge in [-0.15, -0.1) is 6.58 Å². The number of halogens is 1. The van der Waals surface area contributed by atoms with Crippen LogP contribution in [0.2, 0.25) is 0 Å². The van der Waals surface area contributed by atoms with Crippen molar-refractivity contribution in [3.63, 3.8) is 0 Å². The van der Waals surface area contributed by atoms with Gasteiger partial charge in [0.15, 0.2) is 41.3 Å². The molecular weight excluding hydrogens is 937 g/mol. The Labute approximate surface area is 376 Å². The molecule has 10 atom stereocenters. The fraction of sp³-hybridized carbons (Fsp3) is 0.459. The molecule has 0 amide bonds. The number of benzene rings is 1. The molecule has 0 radical (unpaired) electrons. The lowest BCUT2D eigenvalue weighted by molar-refractivity contribution is -0.159. The highest BCUT2D eigenvalue weighted by Gasteiger charge is 2.53. The summed E-state index contributed by atoms with van der Waals surface area (Å²) in [5, 5.41) is 0. The van der Waals surface area contributed by atoms with E-state index in [4.69, 9.17) is 53.5 Å². The Hall–Kier alpha value is -5.34. The fourth-order valence-corrected chi connectivity index (χ4v) is 10.7. The van der Waals surface area contributed by atoms with Crippen LogP contribution in [-0.4, -0.2) is 119 Å². The molecule has 0 spiro atoms. The minimum absolute atomic E-state index is 0.00521. The summed E-state index contributed by atoms with van der Waals surface area (Å²) in [7, 11) is -4.68. The van der Waals surface area contributed by atoms with Gasteiger partial charge in [0.2, 0.25) is 12.7 Å². The predicted octanol–water partition coefficient (Wildman–Crippen LogP) is 3.60. The number of hydrogen-bond acceptors (Lipinski definition) is 22. The second kappa shape index (κ2) is 18.7.